The van der Waals surface area contributed by atoms with Crippen molar-refractivity contribution < 1.29 is 18.0 Å². The van der Waals surface area contributed by atoms with Gasteiger partial charge in [-0.3, -0.25) is 0 Å². The molecule has 98 valence electrons. The number of hydrogen-bond donors (Lipinski definition) is 2. The SMILES string of the molecule is NC1CSSCC(N)C(=O)OSSSOC1=O. The Bertz CT molecular complexity index is 255. The molecule has 11 heteroatoms. The first-order valence-corrected chi connectivity index (χ1v) is 10.1. The number of carbonyl (C=O) groups excluding carboxylic acids is 2. The van der Waals surface area contributed by atoms with Crippen molar-refractivity contribution >= 4 is 65.5 Å². The lowest BCUT2D eigenvalue weighted by atomic mass is 10.4. The van der Waals surface area contributed by atoms with Crippen LogP contribution in [-0.2, 0) is 18.0 Å². The molecule has 17 heavy (non-hydrogen) atoms. The van der Waals surface area contributed by atoms with Crippen LogP contribution in [0.1, 0.15) is 0 Å². The molecule has 1 aliphatic heterocycles. The largest absolute Gasteiger partial charge is 0.377 e. The van der Waals surface area contributed by atoms with Crippen molar-refractivity contribution in [2.75, 3.05) is 11.5 Å². The van der Waals surface area contributed by atoms with Crippen LogP contribution in [0.2, 0.25) is 0 Å². The summed E-state index contributed by atoms with van der Waals surface area (Å²) in [4.78, 5) is 22.6. The molecule has 0 aromatic heterocycles. The van der Waals surface area contributed by atoms with Crippen LogP contribution < -0.4 is 11.5 Å². The van der Waals surface area contributed by atoms with E-state index in [1.165, 1.54) is 21.6 Å². The van der Waals surface area contributed by atoms with E-state index in [2.05, 4.69) is 0 Å². The standard InChI is InChI=1S/C6H10N2O4S5/c7-3-1-13-14-2-4(8)6(10)12-16-17-15-11-5(3)9/h3-4H,1-2,7-8H2. The van der Waals surface area contributed by atoms with Gasteiger partial charge in [0.05, 0.1) is 9.83 Å². The zero-order valence-electron chi connectivity index (χ0n) is 8.40. The van der Waals surface area contributed by atoms with Crippen molar-refractivity contribution in [1.82, 2.24) is 0 Å². The van der Waals surface area contributed by atoms with Gasteiger partial charge in [0, 0.05) is 11.5 Å². The minimum atomic E-state index is -0.681. The Hall–Kier alpha value is 0.610. The maximum atomic E-state index is 11.3. The van der Waals surface area contributed by atoms with Crippen molar-refractivity contribution in [2.24, 2.45) is 11.5 Å². The zero-order chi connectivity index (χ0) is 12.7. The first-order valence-electron chi connectivity index (χ1n) is 4.29. The highest BCUT2D eigenvalue weighted by Crippen LogP contribution is 2.37. The summed E-state index contributed by atoms with van der Waals surface area (Å²) >= 11 is 1.61. The summed E-state index contributed by atoms with van der Waals surface area (Å²) in [7, 11) is 3.75. The minimum Gasteiger partial charge on any atom is -0.377 e. The van der Waals surface area contributed by atoms with Crippen LogP contribution in [0.15, 0.2) is 0 Å². The summed E-state index contributed by atoms with van der Waals surface area (Å²) in [5.74, 6) is -0.176. The average Bonchev–Trinajstić information content (AvgIpc) is 2.32. The van der Waals surface area contributed by atoms with Crippen LogP contribution in [0.25, 0.3) is 0 Å². The van der Waals surface area contributed by atoms with Gasteiger partial charge in [0.25, 0.3) is 0 Å². The summed E-state index contributed by atoms with van der Waals surface area (Å²) in [6, 6.07) is -1.36. The maximum absolute atomic E-state index is 11.3. The monoisotopic (exact) mass is 334 g/mol. The molecule has 0 aromatic carbocycles. The predicted molar refractivity (Wildman–Crippen MR) is 75.8 cm³/mol. The molecule has 2 atom stereocenters. The zero-order valence-corrected chi connectivity index (χ0v) is 12.5. The molecule has 1 saturated heterocycles. The lowest BCUT2D eigenvalue weighted by Crippen LogP contribution is -2.34. The molecule has 1 aliphatic rings. The molecule has 6 nitrogen and oxygen atoms in total. The number of carbonyl (C=O) groups is 2. The number of hydrogen-bond acceptors (Lipinski definition) is 11. The number of rotatable bonds is 0. The van der Waals surface area contributed by atoms with Crippen LogP contribution in [0.3, 0.4) is 0 Å². The van der Waals surface area contributed by atoms with Gasteiger partial charge in [-0.15, -0.1) is 0 Å². The van der Waals surface area contributed by atoms with Crippen molar-refractivity contribution in [3.63, 3.8) is 0 Å². The highest BCUT2D eigenvalue weighted by atomic mass is 33.5. The fourth-order valence-corrected chi connectivity index (χ4v) is 4.62. The van der Waals surface area contributed by atoms with Gasteiger partial charge in [0.2, 0.25) is 0 Å². The summed E-state index contributed by atoms with van der Waals surface area (Å²) in [6.45, 7) is 0. The molecule has 0 bridgehead atoms. The van der Waals surface area contributed by atoms with Crippen LogP contribution in [-0.4, -0.2) is 35.5 Å². The molecular weight excluding hydrogens is 324 g/mol. The second-order valence-electron chi connectivity index (χ2n) is 2.79. The minimum absolute atomic E-state index is 0.406. The molecule has 0 aromatic rings. The summed E-state index contributed by atoms with van der Waals surface area (Å²) in [5.41, 5.74) is 11.2. The van der Waals surface area contributed by atoms with E-state index in [1.54, 1.807) is 0 Å². The fourth-order valence-electron chi connectivity index (χ4n) is 0.609. The first kappa shape index (κ1) is 15.7. The Balaban J connectivity index is 2.45. The Morgan fingerprint density at radius 1 is 0.941 bits per heavy atom. The smallest absolute Gasteiger partial charge is 0.336 e. The van der Waals surface area contributed by atoms with Gasteiger partial charge in [-0.05, 0) is 0 Å². The van der Waals surface area contributed by atoms with Crippen molar-refractivity contribution in [3.05, 3.63) is 0 Å². The highest BCUT2D eigenvalue weighted by molar-refractivity contribution is 9.07. The van der Waals surface area contributed by atoms with E-state index in [-0.39, 0.29) is 0 Å². The topological polar surface area (TPSA) is 105 Å². The summed E-state index contributed by atoms with van der Waals surface area (Å²) in [6.07, 6.45) is 0. The third-order valence-electron chi connectivity index (χ3n) is 1.47. The van der Waals surface area contributed by atoms with Gasteiger partial charge in [0.1, 0.15) is 34.2 Å². The summed E-state index contributed by atoms with van der Waals surface area (Å²) < 4.78 is 9.56. The van der Waals surface area contributed by atoms with E-state index < -0.39 is 24.0 Å². The Morgan fingerprint density at radius 3 is 1.76 bits per heavy atom. The van der Waals surface area contributed by atoms with E-state index in [9.17, 15) is 9.59 Å². The Kier molecular flexibility index (Phi) is 7.99. The average molecular weight is 334 g/mol. The molecule has 0 aliphatic carbocycles. The number of nitrogens with two attached hydrogens (primary N) is 2. The second-order valence-corrected chi connectivity index (χ2v) is 8.53. The maximum Gasteiger partial charge on any atom is 0.336 e. The van der Waals surface area contributed by atoms with E-state index in [1.807, 2.05) is 0 Å². The lowest BCUT2D eigenvalue weighted by Gasteiger charge is -2.09. The highest BCUT2D eigenvalue weighted by Gasteiger charge is 2.20. The quantitative estimate of drug-likeness (QED) is 0.489. The molecule has 2 unspecified atom stereocenters. The normalized spacial score (nSPS) is 29.3. The van der Waals surface area contributed by atoms with E-state index >= 15 is 0 Å². The van der Waals surface area contributed by atoms with Gasteiger partial charge in [-0.2, -0.15) is 0 Å². The molecule has 0 saturated carbocycles. The fraction of sp³-hybridized carbons (Fsp3) is 0.667. The van der Waals surface area contributed by atoms with Crippen molar-refractivity contribution in [2.45, 2.75) is 12.1 Å². The van der Waals surface area contributed by atoms with E-state index in [0.717, 1.165) is 32.0 Å². The molecule has 0 spiro atoms. The second kappa shape index (κ2) is 8.67. The van der Waals surface area contributed by atoms with E-state index in [4.69, 9.17) is 19.8 Å². The third-order valence-corrected chi connectivity index (χ3v) is 6.26. The van der Waals surface area contributed by atoms with E-state index in [0.29, 0.717) is 11.5 Å². The third kappa shape index (κ3) is 6.36. The van der Waals surface area contributed by atoms with Crippen molar-refractivity contribution in [3.8, 4) is 0 Å². The van der Waals surface area contributed by atoms with Crippen LogP contribution in [0.4, 0.5) is 0 Å². The first-order chi connectivity index (χ1) is 8.11. The van der Waals surface area contributed by atoms with Crippen molar-refractivity contribution in [1.29, 1.82) is 0 Å². The molecule has 0 radical (unpaired) electrons. The van der Waals surface area contributed by atoms with Crippen LogP contribution >= 0.6 is 53.6 Å². The molecule has 0 amide bonds. The van der Waals surface area contributed by atoms with Gasteiger partial charge < -0.3 is 19.8 Å². The molecule has 4 N–H and O–H groups in total. The molecule has 1 heterocycles. The van der Waals surface area contributed by atoms with Gasteiger partial charge >= 0.3 is 11.9 Å². The Morgan fingerprint density at radius 2 is 1.35 bits per heavy atom. The predicted octanol–water partition coefficient (Wildman–Crippen LogP) is 0.982. The lowest BCUT2D eigenvalue weighted by molar-refractivity contribution is -0.134. The van der Waals surface area contributed by atoms with Crippen LogP contribution in [0, 0.1) is 0 Å². The molecular formula is C6H10N2O4S5. The summed E-state index contributed by atoms with van der Waals surface area (Å²) in [5, 5.41) is 0. The molecule has 1 fully saturated rings. The van der Waals surface area contributed by atoms with Crippen LogP contribution in [0.5, 0.6) is 0 Å². The molecule has 1 rings (SSSR count). The van der Waals surface area contributed by atoms with Gasteiger partial charge in [-0.25, -0.2) is 9.59 Å². The Labute approximate surface area is 118 Å². The van der Waals surface area contributed by atoms with Gasteiger partial charge in [-0.1, -0.05) is 21.6 Å². The van der Waals surface area contributed by atoms with Gasteiger partial charge in [0.15, 0.2) is 0 Å².